The van der Waals surface area contributed by atoms with Crippen LogP contribution >= 0.6 is 11.6 Å². The second-order valence-corrected chi connectivity index (χ2v) is 8.15. The summed E-state index contributed by atoms with van der Waals surface area (Å²) >= 11 is 6.10. The molecule has 6 heteroatoms. The van der Waals surface area contributed by atoms with Crippen molar-refractivity contribution in [2.45, 2.75) is 19.4 Å². The summed E-state index contributed by atoms with van der Waals surface area (Å²) in [5.74, 6) is 0. The Hall–Kier alpha value is -2.24. The molecule has 0 spiro atoms. The van der Waals surface area contributed by atoms with Crippen molar-refractivity contribution in [3.63, 3.8) is 0 Å². The number of amides is 2. The number of carbonyl (C=O) groups is 1. The molecule has 1 unspecified atom stereocenters. The molecule has 2 aromatic rings. The van der Waals surface area contributed by atoms with E-state index in [0.717, 1.165) is 30.2 Å². The SMILES string of the molecule is CCc1ccc(C(CNC(=O)N2CCN(c3cccc(Cl)c3)CC2)N(C)C)cc1. The molecule has 0 bridgehead atoms. The highest BCUT2D eigenvalue weighted by Crippen LogP contribution is 2.21. The first-order valence-corrected chi connectivity index (χ1v) is 10.6. The largest absolute Gasteiger partial charge is 0.368 e. The molecule has 1 saturated heterocycles. The second kappa shape index (κ2) is 9.99. The lowest BCUT2D eigenvalue weighted by Crippen LogP contribution is -2.52. The number of anilines is 1. The van der Waals surface area contributed by atoms with E-state index < -0.39 is 0 Å². The maximum absolute atomic E-state index is 12.7. The van der Waals surface area contributed by atoms with E-state index in [1.54, 1.807) is 0 Å². The highest BCUT2D eigenvalue weighted by Gasteiger charge is 2.23. The first kappa shape index (κ1) is 21.5. The third-order valence-corrected chi connectivity index (χ3v) is 5.82. The van der Waals surface area contributed by atoms with E-state index in [1.165, 1.54) is 11.1 Å². The summed E-state index contributed by atoms with van der Waals surface area (Å²) in [6.45, 7) is 5.77. The number of urea groups is 1. The van der Waals surface area contributed by atoms with E-state index >= 15 is 0 Å². The van der Waals surface area contributed by atoms with Crippen LogP contribution in [0.5, 0.6) is 0 Å². The van der Waals surface area contributed by atoms with Crippen LogP contribution in [-0.2, 0) is 6.42 Å². The number of carbonyl (C=O) groups excluding carboxylic acids is 1. The van der Waals surface area contributed by atoms with Crippen molar-refractivity contribution >= 4 is 23.3 Å². The van der Waals surface area contributed by atoms with Gasteiger partial charge in [0.1, 0.15) is 0 Å². The third kappa shape index (κ3) is 5.64. The first-order chi connectivity index (χ1) is 14.0. The summed E-state index contributed by atoms with van der Waals surface area (Å²) < 4.78 is 0. The van der Waals surface area contributed by atoms with Gasteiger partial charge in [-0.25, -0.2) is 4.79 Å². The number of piperazine rings is 1. The van der Waals surface area contributed by atoms with E-state index in [1.807, 2.05) is 37.2 Å². The van der Waals surface area contributed by atoms with Crippen LogP contribution in [0.2, 0.25) is 5.02 Å². The number of benzene rings is 2. The highest BCUT2D eigenvalue weighted by atomic mass is 35.5. The van der Waals surface area contributed by atoms with Gasteiger partial charge in [-0.3, -0.25) is 0 Å². The molecule has 156 valence electrons. The number of nitrogens with zero attached hydrogens (tertiary/aromatic N) is 3. The molecule has 0 aliphatic carbocycles. The van der Waals surface area contributed by atoms with Crippen LogP contribution in [0.3, 0.4) is 0 Å². The summed E-state index contributed by atoms with van der Waals surface area (Å²) in [4.78, 5) is 19.0. The normalized spacial score (nSPS) is 15.5. The maximum atomic E-state index is 12.7. The fourth-order valence-electron chi connectivity index (χ4n) is 3.71. The molecule has 0 aromatic heterocycles. The van der Waals surface area contributed by atoms with Crippen molar-refractivity contribution < 1.29 is 4.79 Å². The van der Waals surface area contributed by atoms with E-state index in [0.29, 0.717) is 19.6 Å². The van der Waals surface area contributed by atoms with Crippen molar-refractivity contribution in [2.75, 3.05) is 51.7 Å². The average Bonchev–Trinajstić information content (AvgIpc) is 2.74. The van der Waals surface area contributed by atoms with E-state index in [4.69, 9.17) is 11.6 Å². The fourth-order valence-corrected chi connectivity index (χ4v) is 3.89. The van der Waals surface area contributed by atoms with Crippen LogP contribution in [0.4, 0.5) is 10.5 Å². The Morgan fingerprint density at radius 3 is 2.38 bits per heavy atom. The molecular weight excluding hydrogens is 384 g/mol. The number of aryl methyl sites for hydroxylation is 1. The fraction of sp³-hybridized carbons (Fsp3) is 0.435. The molecule has 1 N–H and O–H groups in total. The van der Waals surface area contributed by atoms with Crippen molar-refractivity contribution in [3.8, 4) is 0 Å². The monoisotopic (exact) mass is 414 g/mol. The van der Waals surface area contributed by atoms with Crippen LogP contribution in [0.1, 0.15) is 24.1 Å². The minimum Gasteiger partial charge on any atom is -0.368 e. The van der Waals surface area contributed by atoms with Gasteiger partial charge >= 0.3 is 6.03 Å². The molecule has 2 amide bonds. The van der Waals surface area contributed by atoms with Gasteiger partial charge in [0, 0.05) is 43.4 Å². The molecule has 1 fully saturated rings. The first-order valence-electron chi connectivity index (χ1n) is 10.3. The number of halogens is 1. The van der Waals surface area contributed by atoms with Crippen LogP contribution in [0, 0.1) is 0 Å². The predicted octanol–water partition coefficient (Wildman–Crippen LogP) is 4.04. The molecule has 5 nitrogen and oxygen atoms in total. The average molecular weight is 415 g/mol. The molecule has 1 aliphatic heterocycles. The van der Waals surface area contributed by atoms with Gasteiger partial charge in [0.15, 0.2) is 0 Å². The van der Waals surface area contributed by atoms with Crippen LogP contribution in [0.15, 0.2) is 48.5 Å². The highest BCUT2D eigenvalue weighted by molar-refractivity contribution is 6.30. The summed E-state index contributed by atoms with van der Waals surface area (Å²) in [6, 6.07) is 16.7. The Labute approximate surface area is 179 Å². The van der Waals surface area contributed by atoms with Gasteiger partial charge in [-0.1, -0.05) is 48.9 Å². The molecule has 29 heavy (non-hydrogen) atoms. The predicted molar refractivity (Wildman–Crippen MR) is 121 cm³/mol. The van der Waals surface area contributed by atoms with Crippen molar-refractivity contribution in [3.05, 3.63) is 64.7 Å². The van der Waals surface area contributed by atoms with Crippen molar-refractivity contribution in [1.29, 1.82) is 0 Å². The minimum absolute atomic E-state index is 0.00720. The van der Waals surface area contributed by atoms with Gasteiger partial charge in [-0.2, -0.15) is 0 Å². The van der Waals surface area contributed by atoms with E-state index in [2.05, 4.69) is 52.4 Å². The zero-order valence-corrected chi connectivity index (χ0v) is 18.3. The number of likely N-dealkylation sites (N-methyl/N-ethyl adjacent to an activating group) is 1. The van der Waals surface area contributed by atoms with Gasteiger partial charge in [0.25, 0.3) is 0 Å². The maximum Gasteiger partial charge on any atom is 0.317 e. The number of nitrogens with one attached hydrogen (secondary N) is 1. The van der Waals surface area contributed by atoms with E-state index in [-0.39, 0.29) is 12.1 Å². The molecular formula is C23H31ClN4O. The molecule has 0 radical (unpaired) electrons. The minimum atomic E-state index is 0.00720. The topological polar surface area (TPSA) is 38.8 Å². The molecule has 1 aliphatic rings. The Balaban J connectivity index is 1.53. The van der Waals surface area contributed by atoms with Crippen molar-refractivity contribution in [1.82, 2.24) is 15.1 Å². The van der Waals surface area contributed by atoms with Crippen molar-refractivity contribution in [2.24, 2.45) is 0 Å². The van der Waals surface area contributed by atoms with Gasteiger partial charge in [0.2, 0.25) is 0 Å². The lowest BCUT2D eigenvalue weighted by Gasteiger charge is -2.36. The van der Waals surface area contributed by atoms with Gasteiger partial charge in [-0.05, 0) is 49.8 Å². The van der Waals surface area contributed by atoms with Crippen LogP contribution in [-0.4, -0.2) is 62.7 Å². The Kier molecular flexibility index (Phi) is 7.40. The van der Waals surface area contributed by atoms with Gasteiger partial charge < -0.3 is 20.0 Å². The molecule has 3 rings (SSSR count). The zero-order valence-electron chi connectivity index (χ0n) is 17.6. The standard InChI is InChI=1S/C23H31ClN4O/c1-4-18-8-10-19(11-9-18)22(26(2)3)17-25-23(29)28-14-12-27(13-15-28)21-7-5-6-20(24)16-21/h5-11,16,22H,4,12-15,17H2,1-3H3,(H,25,29). The number of hydrogen-bond acceptors (Lipinski definition) is 3. The quantitative estimate of drug-likeness (QED) is 0.775. The van der Waals surface area contributed by atoms with E-state index in [9.17, 15) is 4.79 Å². The summed E-state index contributed by atoms with van der Waals surface area (Å²) in [6.07, 6.45) is 1.03. The molecule has 0 saturated carbocycles. The lowest BCUT2D eigenvalue weighted by atomic mass is 10.0. The van der Waals surface area contributed by atoms with Crippen LogP contribution < -0.4 is 10.2 Å². The van der Waals surface area contributed by atoms with Gasteiger partial charge in [-0.15, -0.1) is 0 Å². The zero-order chi connectivity index (χ0) is 20.8. The number of rotatable bonds is 6. The smallest absolute Gasteiger partial charge is 0.317 e. The Morgan fingerprint density at radius 1 is 1.10 bits per heavy atom. The Bertz CT molecular complexity index is 801. The lowest BCUT2D eigenvalue weighted by molar-refractivity contribution is 0.189. The molecule has 1 heterocycles. The third-order valence-electron chi connectivity index (χ3n) is 5.58. The summed E-state index contributed by atoms with van der Waals surface area (Å²) in [5.41, 5.74) is 3.66. The summed E-state index contributed by atoms with van der Waals surface area (Å²) in [5, 5.41) is 3.87. The number of hydrogen-bond donors (Lipinski definition) is 1. The summed E-state index contributed by atoms with van der Waals surface area (Å²) in [7, 11) is 4.10. The van der Waals surface area contributed by atoms with Crippen LogP contribution in [0.25, 0.3) is 0 Å². The second-order valence-electron chi connectivity index (χ2n) is 7.71. The Morgan fingerprint density at radius 2 is 1.79 bits per heavy atom. The van der Waals surface area contributed by atoms with Gasteiger partial charge in [0.05, 0.1) is 6.04 Å². The molecule has 2 aromatic carbocycles. The molecule has 1 atom stereocenters.